The van der Waals surface area contributed by atoms with Crippen LogP contribution in [0.15, 0.2) is 12.1 Å². The van der Waals surface area contributed by atoms with Crippen molar-refractivity contribution in [2.24, 2.45) is 0 Å². The lowest BCUT2D eigenvalue weighted by molar-refractivity contribution is 0.0679. The van der Waals surface area contributed by atoms with Crippen LogP contribution in [0.4, 0.5) is 0 Å². The molecule has 1 aromatic carbocycles. The molecule has 1 rings (SSSR count). The maximum absolute atomic E-state index is 11.9. The number of benzene rings is 1. The van der Waals surface area contributed by atoms with Gasteiger partial charge in [0.15, 0.2) is 0 Å². The molecule has 194 valence electrons. The van der Waals surface area contributed by atoms with E-state index in [0.717, 1.165) is 36.8 Å². The van der Waals surface area contributed by atoms with Crippen LogP contribution >= 0.6 is 0 Å². The Morgan fingerprint density at radius 3 is 1.03 bits per heavy atom. The number of aromatic carboxylic acids is 2. The van der Waals surface area contributed by atoms with Gasteiger partial charge in [0.1, 0.15) is 0 Å². The Labute approximate surface area is 208 Å². The molecule has 0 radical (unpaired) electrons. The van der Waals surface area contributed by atoms with Gasteiger partial charge in [0.2, 0.25) is 0 Å². The zero-order chi connectivity index (χ0) is 25.0. The highest BCUT2D eigenvalue weighted by molar-refractivity contribution is 5.95. The van der Waals surface area contributed by atoms with Crippen molar-refractivity contribution in [3.63, 3.8) is 0 Å². The van der Waals surface area contributed by atoms with Crippen molar-refractivity contribution >= 4 is 11.9 Å². The SMILES string of the molecule is CCCCCCCCCCCc1c(C(=O)O)ccc(C(=O)O)c1CCCCCCCCCCC. The highest BCUT2D eigenvalue weighted by Crippen LogP contribution is 2.25. The molecule has 2 N–H and O–H groups in total. The van der Waals surface area contributed by atoms with Crippen molar-refractivity contribution in [2.75, 3.05) is 0 Å². The third-order valence-electron chi connectivity index (χ3n) is 6.95. The first-order valence-electron chi connectivity index (χ1n) is 14.1. The first-order valence-corrected chi connectivity index (χ1v) is 14.1. The lowest BCUT2D eigenvalue weighted by Gasteiger charge is -2.16. The van der Waals surface area contributed by atoms with Crippen molar-refractivity contribution in [3.05, 3.63) is 34.4 Å². The summed E-state index contributed by atoms with van der Waals surface area (Å²) in [6.45, 7) is 4.46. The molecule has 4 heteroatoms. The van der Waals surface area contributed by atoms with Crippen molar-refractivity contribution in [3.8, 4) is 0 Å². The average Bonchev–Trinajstić information content (AvgIpc) is 2.81. The van der Waals surface area contributed by atoms with Gasteiger partial charge in [0.25, 0.3) is 0 Å². The van der Waals surface area contributed by atoms with E-state index in [-0.39, 0.29) is 11.1 Å². The molecule has 1 aromatic rings. The summed E-state index contributed by atoms with van der Waals surface area (Å²) in [5.41, 5.74) is 2.09. The molecule has 0 amide bonds. The first-order chi connectivity index (χ1) is 16.5. The van der Waals surface area contributed by atoms with Crippen LogP contribution in [0.3, 0.4) is 0 Å². The van der Waals surface area contributed by atoms with E-state index in [1.54, 1.807) is 0 Å². The van der Waals surface area contributed by atoms with E-state index in [0.29, 0.717) is 12.8 Å². The Morgan fingerprint density at radius 1 is 0.500 bits per heavy atom. The Balaban J connectivity index is 2.62. The fourth-order valence-corrected chi connectivity index (χ4v) is 4.89. The van der Waals surface area contributed by atoms with Gasteiger partial charge in [-0.15, -0.1) is 0 Å². The molecule has 34 heavy (non-hydrogen) atoms. The number of hydrogen-bond donors (Lipinski definition) is 2. The number of carboxylic acid groups (broad SMARTS) is 2. The van der Waals surface area contributed by atoms with Crippen LogP contribution < -0.4 is 0 Å². The molecular weight excluding hydrogens is 424 g/mol. The summed E-state index contributed by atoms with van der Waals surface area (Å²) >= 11 is 0. The van der Waals surface area contributed by atoms with Gasteiger partial charge in [-0.25, -0.2) is 9.59 Å². The largest absolute Gasteiger partial charge is 0.478 e. The lowest BCUT2D eigenvalue weighted by Crippen LogP contribution is -2.12. The van der Waals surface area contributed by atoms with Gasteiger partial charge in [0.05, 0.1) is 11.1 Å². The van der Waals surface area contributed by atoms with Crippen molar-refractivity contribution in [1.82, 2.24) is 0 Å². The van der Waals surface area contributed by atoms with Crippen molar-refractivity contribution < 1.29 is 19.8 Å². The van der Waals surface area contributed by atoms with E-state index >= 15 is 0 Å². The monoisotopic (exact) mass is 474 g/mol. The van der Waals surface area contributed by atoms with Crippen molar-refractivity contribution in [2.45, 2.75) is 142 Å². The van der Waals surface area contributed by atoms with Gasteiger partial charge in [-0.05, 0) is 48.9 Å². The number of hydrogen-bond acceptors (Lipinski definition) is 2. The molecule has 0 saturated carbocycles. The summed E-state index contributed by atoms with van der Waals surface area (Å²) in [4.78, 5) is 23.8. The lowest BCUT2D eigenvalue weighted by atomic mass is 9.88. The highest BCUT2D eigenvalue weighted by Gasteiger charge is 2.20. The zero-order valence-electron chi connectivity index (χ0n) is 22.0. The number of rotatable bonds is 22. The minimum atomic E-state index is -0.948. The molecule has 0 aliphatic rings. The smallest absolute Gasteiger partial charge is 0.335 e. The van der Waals surface area contributed by atoms with E-state index in [4.69, 9.17) is 0 Å². The predicted octanol–water partition coefficient (Wildman–Crippen LogP) is 9.23. The van der Waals surface area contributed by atoms with Gasteiger partial charge >= 0.3 is 11.9 Å². The van der Waals surface area contributed by atoms with Crippen LogP contribution in [0.5, 0.6) is 0 Å². The Kier molecular flexibility index (Phi) is 17.3. The fraction of sp³-hybridized carbons (Fsp3) is 0.733. The second-order valence-electron chi connectivity index (χ2n) is 9.88. The average molecular weight is 475 g/mol. The zero-order valence-corrected chi connectivity index (χ0v) is 22.0. The van der Waals surface area contributed by atoms with Crippen LogP contribution in [0, 0.1) is 0 Å². The maximum Gasteiger partial charge on any atom is 0.335 e. The van der Waals surface area contributed by atoms with Gasteiger partial charge < -0.3 is 10.2 Å². The fourth-order valence-electron chi connectivity index (χ4n) is 4.89. The summed E-state index contributed by atoms with van der Waals surface area (Å²) in [5.74, 6) is -1.90. The standard InChI is InChI=1S/C30H50O4/c1-3-5-7-9-11-13-15-17-19-21-25-26(22-20-18-16-14-12-10-8-6-4-2)28(30(33)34)24-23-27(25)29(31)32/h23-24H,3-22H2,1-2H3,(H,31,32)(H,33,34). The van der Waals surface area contributed by atoms with E-state index in [2.05, 4.69) is 13.8 Å². The van der Waals surface area contributed by atoms with E-state index < -0.39 is 11.9 Å². The molecule has 0 aliphatic carbocycles. The quantitative estimate of drug-likeness (QED) is 0.164. The third kappa shape index (κ3) is 12.6. The van der Waals surface area contributed by atoms with Gasteiger partial charge in [-0.3, -0.25) is 0 Å². The van der Waals surface area contributed by atoms with Crippen molar-refractivity contribution in [1.29, 1.82) is 0 Å². The molecule has 0 saturated heterocycles. The molecule has 0 aromatic heterocycles. The summed E-state index contributed by atoms with van der Waals surface area (Å²) in [6.07, 6.45) is 23.1. The molecular formula is C30H50O4. The molecule has 0 aliphatic heterocycles. The second-order valence-corrected chi connectivity index (χ2v) is 9.88. The van der Waals surface area contributed by atoms with Crippen LogP contribution in [0.1, 0.15) is 161 Å². The highest BCUT2D eigenvalue weighted by atomic mass is 16.4. The minimum Gasteiger partial charge on any atom is -0.478 e. The first kappa shape index (κ1) is 30.2. The summed E-state index contributed by atoms with van der Waals surface area (Å²) in [6, 6.07) is 2.99. The molecule has 0 bridgehead atoms. The Morgan fingerprint density at radius 2 is 0.765 bits per heavy atom. The van der Waals surface area contributed by atoms with Gasteiger partial charge in [-0.2, -0.15) is 0 Å². The molecule has 0 unspecified atom stereocenters. The van der Waals surface area contributed by atoms with Gasteiger partial charge in [-0.1, -0.05) is 117 Å². The Hall–Kier alpha value is -1.84. The van der Waals surface area contributed by atoms with Crippen LogP contribution in [-0.4, -0.2) is 22.2 Å². The maximum atomic E-state index is 11.9. The topological polar surface area (TPSA) is 74.6 Å². The van der Waals surface area contributed by atoms with Crippen LogP contribution in [0.2, 0.25) is 0 Å². The minimum absolute atomic E-state index is 0.287. The summed E-state index contributed by atoms with van der Waals surface area (Å²) in [5, 5.41) is 19.5. The Bertz CT molecular complexity index is 636. The summed E-state index contributed by atoms with van der Waals surface area (Å²) in [7, 11) is 0. The number of unbranched alkanes of at least 4 members (excludes halogenated alkanes) is 16. The summed E-state index contributed by atoms with van der Waals surface area (Å²) < 4.78 is 0. The van der Waals surface area contributed by atoms with Crippen LogP contribution in [0.25, 0.3) is 0 Å². The molecule has 0 fully saturated rings. The van der Waals surface area contributed by atoms with Crippen LogP contribution in [-0.2, 0) is 12.8 Å². The second kappa shape index (κ2) is 19.5. The molecule has 0 heterocycles. The third-order valence-corrected chi connectivity index (χ3v) is 6.95. The number of carboxylic acids is 2. The van der Waals surface area contributed by atoms with E-state index in [9.17, 15) is 19.8 Å². The van der Waals surface area contributed by atoms with Gasteiger partial charge in [0, 0.05) is 0 Å². The predicted molar refractivity (Wildman–Crippen MR) is 142 cm³/mol. The van der Waals surface area contributed by atoms with E-state index in [1.165, 1.54) is 102 Å². The number of carbonyl (C=O) groups is 2. The van der Waals surface area contributed by atoms with E-state index in [1.807, 2.05) is 0 Å². The molecule has 0 spiro atoms. The molecule has 4 nitrogen and oxygen atoms in total. The normalized spacial score (nSPS) is 11.1. The molecule has 0 atom stereocenters.